The van der Waals surface area contributed by atoms with Gasteiger partial charge in [-0.1, -0.05) is 45.4 Å². The van der Waals surface area contributed by atoms with Crippen molar-refractivity contribution in [1.29, 1.82) is 0 Å². The van der Waals surface area contributed by atoms with Crippen molar-refractivity contribution in [3.05, 3.63) is 47.5 Å². The van der Waals surface area contributed by atoms with E-state index in [0.717, 1.165) is 26.3 Å². The maximum atomic E-state index is 14.5. The van der Waals surface area contributed by atoms with E-state index < -0.39 is 29.7 Å². The molecule has 2 aromatic carbocycles. The van der Waals surface area contributed by atoms with Crippen LogP contribution in [0.3, 0.4) is 0 Å². The number of fused-ring (bicyclic) bond motifs is 1. The minimum Gasteiger partial charge on any atom is -0.493 e. The Bertz CT molecular complexity index is 1390. The molecule has 0 aliphatic carbocycles. The number of nitrogens with zero attached hydrogens (tertiary/aromatic N) is 3. The molecule has 2 saturated heterocycles. The minimum atomic E-state index is -0.698. The SMILES string of the molecule is C1COCCN1.CC.CC.COc1cc2ncnc(Nc3cccc(Cl)c3F)c2cc1OC1C[C@@H](C=O)N(C(=O)OC(C)(C)C)C1. The number of likely N-dealkylation sites (tertiary alicyclic amines) is 1. The molecule has 0 saturated carbocycles. The molecule has 13 heteroatoms. The molecule has 1 amide bonds. The fourth-order valence-corrected chi connectivity index (χ4v) is 4.58. The molecule has 1 unspecified atom stereocenters. The summed E-state index contributed by atoms with van der Waals surface area (Å²) in [4.78, 5) is 34.1. The van der Waals surface area contributed by atoms with E-state index in [-0.39, 0.29) is 23.7 Å². The first-order valence-electron chi connectivity index (χ1n) is 15.5. The van der Waals surface area contributed by atoms with Crippen LogP contribution in [0.2, 0.25) is 5.02 Å². The number of aldehydes is 1. The number of carbonyl (C=O) groups is 2. The third-order valence-electron chi connectivity index (χ3n) is 6.36. The number of hydrogen-bond acceptors (Lipinski definition) is 10. The average molecular weight is 664 g/mol. The summed E-state index contributed by atoms with van der Waals surface area (Å²) in [5.41, 5.74) is -0.0122. The van der Waals surface area contributed by atoms with Crippen LogP contribution in [0.4, 0.5) is 20.7 Å². The smallest absolute Gasteiger partial charge is 0.411 e. The van der Waals surface area contributed by atoms with Crippen molar-refractivity contribution >= 4 is 46.4 Å². The third-order valence-corrected chi connectivity index (χ3v) is 6.65. The highest BCUT2D eigenvalue weighted by Crippen LogP contribution is 2.37. The van der Waals surface area contributed by atoms with Gasteiger partial charge in [0.1, 0.15) is 30.1 Å². The number of carbonyl (C=O) groups excluding carboxylic acids is 2. The molecule has 2 N–H and O–H groups in total. The molecule has 3 aromatic rings. The van der Waals surface area contributed by atoms with E-state index in [1.54, 1.807) is 45.0 Å². The van der Waals surface area contributed by atoms with E-state index in [4.69, 9.17) is 30.5 Å². The summed E-state index contributed by atoms with van der Waals surface area (Å²) in [6.07, 6.45) is 1.26. The average Bonchev–Trinajstić information content (AvgIpc) is 3.48. The van der Waals surface area contributed by atoms with Crippen molar-refractivity contribution in [3.63, 3.8) is 0 Å². The Kier molecular flexibility index (Phi) is 15.9. The summed E-state index contributed by atoms with van der Waals surface area (Å²) in [6, 6.07) is 7.27. The quantitative estimate of drug-likeness (QED) is 0.273. The van der Waals surface area contributed by atoms with E-state index >= 15 is 0 Å². The summed E-state index contributed by atoms with van der Waals surface area (Å²) in [5.74, 6) is 0.486. The van der Waals surface area contributed by atoms with Crippen LogP contribution in [0, 0.1) is 5.82 Å². The van der Waals surface area contributed by atoms with Gasteiger partial charge in [0.2, 0.25) is 0 Å². The van der Waals surface area contributed by atoms with Crippen LogP contribution in [0.5, 0.6) is 11.5 Å². The molecule has 46 heavy (non-hydrogen) atoms. The molecule has 2 fully saturated rings. The fraction of sp³-hybridized carbons (Fsp3) is 0.515. The highest BCUT2D eigenvalue weighted by molar-refractivity contribution is 6.31. The number of aromatic nitrogens is 2. The number of ether oxygens (including phenoxy) is 4. The van der Waals surface area contributed by atoms with Gasteiger partial charge in [0.05, 0.1) is 49.1 Å². The van der Waals surface area contributed by atoms with Gasteiger partial charge in [-0.3, -0.25) is 4.90 Å². The second-order valence-corrected chi connectivity index (χ2v) is 11.1. The molecule has 2 aliphatic heterocycles. The highest BCUT2D eigenvalue weighted by atomic mass is 35.5. The Balaban J connectivity index is 0.000000642. The zero-order chi connectivity index (χ0) is 34.3. The van der Waals surface area contributed by atoms with Crippen LogP contribution in [-0.4, -0.2) is 85.0 Å². The molecule has 0 bridgehead atoms. The fourth-order valence-electron chi connectivity index (χ4n) is 4.41. The molecule has 11 nitrogen and oxygen atoms in total. The molecule has 254 valence electrons. The lowest BCUT2D eigenvalue weighted by Gasteiger charge is -2.26. The topological polar surface area (TPSA) is 124 Å². The Hall–Kier alpha value is -3.74. The van der Waals surface area contributed by atoms with Crippen LogP contribution in [0.15, 0.2) is 36.7 Å². The molecule has 1 aromatic heterocycles. The summed E-state index contributed by atoms with van der Waals surface area (Å²) in [6.45, 7) is 17.3. The zero-order valence-electron chi connectivity index (χ0n) is 28.0. The molecule has 0 radical (unpaired) electrons. The predicted octanol–water partition coefficient (Wildman–Crippen LogP) is 6.79. The minimum absolute atomic E-state index is 0.0236. The van der Waals surface area contributed by atoms with Crippen molar-refractivity contribution < 1.29 is 32.9 Å². The van der Waals surface area contributed by atoms with E-state index in [9.17, 15) is 14.0 Å². The van der Waals surface area contributed by atoms with Gasteiger partial charge in [0, 0.05) is 31.0 Å². The maximum Gasteiger partial charge on any atom is 0.411 e. The van der Waals surface area contributed by atoms with E-state index in [1.807, 2.05) is 27.7 Å². The maximum absolute atomic E-state index is 14.5. The summed E-state index contributed by atoms with van der Waals surface area (Å²) < 4.78 is 36.6. The first-order chi connectivity index (χ1) is 22.1. The number of methoxy groups -OCH3 is 1. The van der Waals surface area contributed by atoms with Crippen molar-refractivity contribution in [3.8, 4) is 11.5 Å². The van der Waals surface area contributed by atoms with Crippen LogP contribution in [0.25, 0.3) is 10.9 Å². The molecular weight excluding hydrogens is 617 g/mol. The van der Waals surface area contributed by atoms with E-state index in [2.05, 4.69) is 20.6 Å². The second-order valence-electron chi connectivity index (χ2n) is 10.6. The normalized spacial score (nSPS) is 17.2. The number of anilines is 2. The number of halogens is 2. The van der Waals surface area contributed by atoms with Crippen LogP contribution in [-0.2, 0) is 14.3 Å². The Morgan fingerprint density at radius 2 is 1.83 bits per heavy atom. The number of benzene rings is 2. The van der Waals surface area contributed by atoms with Crippen molar-refractivity contribution in [2.45, 2.75) is 72.6 Å². The Morgan fingerprint density at radius 3 is 2.39 bits per heavy atom. The number of rotatable bonds is 6. The zero-order valence-corrected chi connectivity index (χ0v) is 28.7. The molecule has 2 atom stereocenters. The van der Waals surface area contributed by atoms with Gasteiger partial charge >= 0.3 is 6.09 Å². The lowest BCUT2D eigenvalue weighted by Crippen LogP contribution is -2.41. The van der Waals surface area contributed by atoms with Gasteiger partial charge in [-0.15, -0.1) is 0 Å². The molecular formula is C33H47ClFN5O6. The first kappa shape index (κ1) is 38.4. The van der Waals surface area contributed by atoms with Crippen molar-refractivity contribution in [2.24, 2.45) is 0 Å². The number of morpholine rings is 1. The number of amides is 1. The molecule has 3 heterocycles. The summed E-state index contributed by atoms with van der Waals surface area (Å²) >= 11 is 5.91. The first-order valence-corrected chi connectivity index (χ1v) is 15.9. The molecule has 2 aliphatic rings. The standard InChI is InChI=1S/C25H26ClFN4O5.C4H9NO.2C2H6/c1-25(2,3)36-24(33)31-11-15(8-14(31)12-32)35-21-9-16-19(10-20(21)34-4)28-13-29-23(16)30-18-7-5-6-17(26)22(18)27;1-3-6-4-2-5-1;2*1-2/h5-7,9-10,12-15H,8,11H2,1-4H3,(H,28,29,30);5H,1-4H2;2*1-2H3/t14-,15?;;;/m0.../s1. The van der Waals surface area contributed by atoms with Gasteiger partial charge in [0.25, 0.3) is 0 Å². The number of nitrogens with one attached hydrogen (secondary N) is 2. The van der Waals surface area contributed by atoms with Gasteiger partial charge in [0.15, 0.2) is 17.3 Å². The van der Waals surface area contributed by atoms with Crippen LogP contribution in [0.1, 0.15) is 54.9 Å². The summed E-state index contributed by atoms with van der Waals surface area (Å²) in [5, 5.41) is 6.63. The lowest BCUT2D eigenvalue weighted by atomic mass is 10.2. The van der Waals surface area contributed by atoms with Crippen molar-refractivity contribution in [2.75, 3.05) is 45.3 Å². The van der Waals surface area contributed by atoms with Gasteiger partial charge in [-0.25, -0.2) is 19.2 Å². The Morgan fingerprint density at radius 1 is 1.13 bits per heavy atom. The monoisotopic (exact) mass is 663 g/mol. The molecule has 0 spiro atoms. The largest absolute Gasteiger partial charge is 0.493 e. The third kappa shape index (κ3) is 11.0. The lowest BCUT2D eigenvalue weighted by molar-refractivity contribution is -0.111. The van der Waals surface area contributed by atoms with Crippen LogP contribution < -0.4 is 20.1 Å². The van der Waals surface area contributed by atoms with E-state index in [1.165, 1.54) is 24.4 Å². The van der Waals surface area contributed by atoms with Crippen LogP contribution >= 0.6 is 11.6 Å². The highest BCUT2D eigenvalue weighted by Gasteiger charge is 2.39. The van der Waals surface area contributed by atoms with Crippen molar-refractivity contribution in [1.82, 2.24) is 20.2 Å². The molecule has 5 rings (SSSR count). The van der Waals surface area contributed by atoms with Gasteiger partial charge < -0.3 is 34.4 Å². The van der Waals surface area contributed by atoms with Gasteiger partial charge in [-0.05, 0) is 39.0 Å². The predicted molar refractivity (Wildman–Crippen MR) is 179 cm³/mol. The Labute approximate surface area is 276 Å². The number of hydrogen-bond donors (Lipinski definition) is 2. The summed E-state index contributed by atoms with van der Waals surface area (Å²) in [7, 11) is 1.49. The second kappa shape index (κ2) is 19.0. The van der Waals surface area contributed by atoms with Gasteiger partial charge in [-0.2, -0.15) is 0 Å². The van der Waals surface area contributed by atoms with E-state index in [0.29, 0.717) is 34.5 Å².